The molecule has 1 aliphatic heterocycles. The Morgan fingerprint density at radius 1 is 1.36 bits per heavy atom. The van der Waals surface area contributed by atoms with E-state index in [1.54, 1.807) is 19.2 Å². The van der Waals surface area contributed by atoms with Crippen molar-refractivity contribution in [1.29, 1.82) is 0 Å². The topological polar surface area (TPSA) is 30.5 Å². The minimum absolute atomic E-state index is 0.0878. The molecule has 0 amide bonds. The van der Waals surface area contributed by atoms with Gasteiger partial charge in [0, 0.05) is 18.7 Å². The molecule has 120 valence electrons. The van der Waals surface area contributed by atoms with Gasteiger partial charge in [0.05, 0.1) is 19.8 Å². The molecule has 0 aromatic heterocycles. The Bertz CT molecular complexity index is 532. The van der Waals surface area contributed by atoms with Gasteiger partial charge in [-0.1, -0.05) is 12.8 Å². The molecular weight excluding hydrogens is 281 g/mol. The summed E-state index contributed by atoms with van der Waals surface area (Å²) >= 11 is 0. The highest BCUT2D eigenvalue weighted by Gasteiger charge is 2.27. The molecule has 1 atom stereocenters. The van der Waals surface area contributed by atoms with Gasteiger partial charge < -0.3 is 14.8 Å². The molecule has 3 nitrogen and oxygen atoms in total. The molecule has 0 bridgehead atoms. The first kappa shape index (κ1) is 15.5. The normalized spacial score (nSPS) is 23.7. The second-order valence-electron chi connectivity index (χ2n) is 6.08. The van der Waals surface area contributed by atoms with Gasteiger partial charge in [-0.2, -0.15) is 0 Å². The predicted molar refractivity (Wildman–Crippen MR) is 85.5 cm³/mol. The number of methoxy groups -OCH3 is 1. The highest BCUT2D eigenvalue weighted by molar-refractivity contribution is 5.61. The standard InChI is InChI=1S/C18H24FNO2/c1-21-17-7-6-15(19)10-14(17)11-16(13-4-2-3-5-13)18-12-20-8-9-22-18/h6-7,10-11,13,18,20H,2-5,8-9,12H2,1H3/b16-11+. The molecule has 1 saturated heterocycles. The average molecular weight is 305 g/mol. The number of nitrogens with one attached hydrogen (secondary N) is 1. The maximum absolute atomic E-state index is 13.6. The van der Waals surface area contributed by atoms with Gasteiger partial charge in [0.15, 0.2) is 0 Å². The minimum atomic E-state index is -0.236. The first-order valence-corrected chi connectivity index (χ1v) is 8.15. The molecule has 0 spiro atoms. The van der Waals surface area contributed by atoms with E-state index in [1.807, 2.05) is 0 Å². The van der Waals surface area contributed by atoms with Crippen molar-refractivity contribution in [3.05, 3.63) is 35.2 Å². The molecular formula is C18H24FNO2. The van der Waals surface area contributed by atoms with Crippen molar-refractivity contribution in [3.63, 3.8) is 0 Å². The molecule has 2 aliphatic rings. The van der Waals surface area contributed by atoms with E-state index >= 15 is 0 Å². The summed E-state index contributed by atoms with van der Waals surface area (Å²) < 4.78 is 25.0. The molecule has 1 N–H and O–H groups in total. The van der Waals surface area contributed by atoms with Crippen molar-refractivity contribution in [2.45, 2.75) is 31.8 Å². The Morgan fingerprint density at radius 2 is 2.18 bits per heavy atom. The van der Waals surface area contributed by atoms with Crippen LogP contribution in [0.2, 0.25) is 0 Å². The summed E-state index contributed by atoms with van der Waals surface area (Å²) in [6.45, 7) is 2.46. The number of morpholine rings is 1. The van der Waals surface area contributed by atoms with Crippen LogP contribution in [-0.2, 0) is 4.74 Å². The zero-order valence-corrected chi connectivity index (χ0v) is 13.1. The molecule has 0 radical (unpaired) electrons. The van der Waals surface area contributed by atoms with E-state index in [-0.39, 0.29) is 11.9 Å². The number of ether oxygens (including phenoxy) is 2. The van der Waals surface area contributed by atoms with Crippen LogP contribution >= 0.6 is 0 Å². The van der Waals surface area contributed by atoms with Crippen molar-refractivity contribution in [2.24, 2.45) is 5.92 Å². The monoisotopic (exact) mass is 305 g/mol. The summed E-state index contributed by atoms with van der Waals surface area (Å²) in [5.74, 6) is 1.01. The molecule has 1 aromatic carbocycles. The summed E-state index contributed by atoms with van der Waals surface area (Å²) in [6.07, 6.45) is 7.11. The second kappa shape index (κ2) is 7.25. The van der Waals surface area contributed by atoms with Crippen LogP contribution in [0.1, 0.15) is 31.2 Å². The van der Waals surface area contributed by atoms with E-state index in [0.29, 0.717) is 11.7 Å². The molecule has 1 aliphatic carbocycles. The lowest BCUT2D eigenvalue weighted by atomic mass is 9.90. The Kier molecular flexibility index (Phi) is 5.11. The van der Waals surface area contributed by atoms with Gasteiger partial charge in [-0.25, -0.2) is 4.39 Å². The lowest BCUT2D eigenvalue weighted by molar-refractivity contribution is 0.0464. The first-order chi connectivity index (χ1) is 10.8. The fourth-order valence-electron chi connectivity index (χ4n) is 3.51. The summed E-state index contributed by atoms with van der Waals surface area (Å²) in [5, 5.41) is 3.39. The van der Waals surface area contributed by atoms with E-state index < -0.39 is 0 Å². The van der Waals surface area contributed by atoms with E-state index in [2.05, 4.69) is 11.4 Å². The molecule has 2 fully saturated rings. The van der Waals surface area contributed by atoms with Crippen LogP contribution in [0.3, 0.4) is 0 Å². The Morgan fingerprint density at radius 3 is 2.86 bits per heavy atom. The fraction of sp³-hybridized carbons (Fsp3) is 0.556. The lowest BCUT2D eigenvalue weighted by Crippen LogP contribution is -2.40. The highest BCUT2D eigenvalue weighted by atomic mass is 19.1. The van der Waals surface area contributed by atoms with Gasteiger partial charge in [-0.05, 0) is 48.6 Å². The summed E-state index contributed by atoms with van der Waals surface area (Å²) in [7, 11) is 1.62. The van der Waals surface area contributed by atoms with Gasteiger partial charge in [-0.3, -0.25) is 0 Å². The van der Waals surface area contributed by atoms with Crippen molar-refractivity contribution in [2.75, 3.05) is 26.8 Å². The van der Waals surface area contributed by atoms with Gasteiger partial charge in [0.1, 0.15) is 11.6 Å². The number of benzene rings is 1. The van der Waals surface area contributed by atoms with Crippen LogP contribution in [0.25, 0.3) is 6.08 Å². The van der Waals surface area contributed by atoms with Crippen molar-refractivity contribution < 1.29 is 13.9 Å². The highest BCUT2D eigenvalue weighted by Crippen LogP contribution is 2.36. The fourth-order valence-corrected chi connectivity index (χ4v) is 3.51. The van der Waals surface area contributed by atoms with Crippen molar-refractivity contribution in [1.82, 2.24) is 5.32 Å². The van der Waals surface area contributed by atoms with E-state index in [4.69, 9.17) is 9.47 Å². The summed E-state index contributed by atoms with van der Waals surface area (Å²) in [6, 6.07) is 4.67. The SMILES string of the molecule is COc1ccc(F)cc1/C=C(\C1CCCC1)C1CNCCO1. The number of rotatable bonds is 4. The van der Waals surface area contributed by atoms with Gasteiger partial charge in [0.2, 0.25) is 0 Å². The van der Waals surface area contributed by atoms with Crippen LogP contribution in [0.5, 0.6) is 5.75 Å². The third kappa shape index (κ3) is 3.50. The molecule has 22 heavy (non-hydrogen) atoms. The number of hydrogen-bond acceptors (Lipinski definition) is 3. The van der Waals surface area contributed by atoms with Crippen molar-refractivity contribution in [3.8, 4) is 5.75 Å². The zero-order chi connectivity index (χ0) is 15.4. The quantitative estimate of drug-likeness (QED) is 0.925. The van der Waals surface area contributed by atoms with Crippen molar-refractivity contribution >= 4 is 6.08 Å². The smallest absolute Gasteiger partial charge is 0.126 e. The van der Waals surface area contributed by atoms with Crippen LogP contribution in [0, 0.1) is 11.7 Å². The largest absolute Gasteiger partial charge is 0.496 e. The third-order valence-electron chi connectivity index (χ3n) is 4.64. The third-order valence-corrected chi connectivity index (χ3v) is 4.64. The second-order valence-corrected chi connectivity index (χ2v) is 6.08. The van der Waals surface area contributed by atoms with Crippen LogP contribution in [0.15, 0.2) is 23.8 Å². The number of halogens is 1. The van der Waals surface area contributed by atoms with Crippen LogP contribution in [0.4, 0.5) is 4.39 Å². The first-order valence-electron chi connectivity index (χ1n) is 8.15. The van der Waals surface area contributed by atoms with Gasteiger partial charge >= 0.3 is 0 Å². The summed E-state index contributed by atoms with van der Waals surface area (Å²) in [4.78, 5) is 0. The van der Waals surface area contributed by atoms with Crippen LogP contribution < -0.4 is 10.1 Å². The maximum atomic E-state index is 13.6. The minimum Gasteiger partial charge on any atom is -0.496 e. The molecule has 1 aromatic rings. The van der Waals surface area contributed by atoms with E-state index in [1.165, 1.54) is 37.3 Å². The molecule has 1 unspecified atom stereocenters. The van der Waals surface area contributed by atoms with E-state index in [0.717, 1.165) is 25.3 Å². The Hall–Kier alpha value is -1.39. The Balaban J connectivity index is 1.94. The molecule has 3 rings (SSSR count). The van der Waals surface area contributed by atoms with E-state index in [9.17, 15) is 4.39 Å². The van der Waals surface area contributed by atoms with Gasteiger partial charge in [-0.15, -0.1) is 0 Å². The number of hydrogen-bond donors (Lipinski definition) is 1. The van der Waals surface area contributed by atoms with Crippen LogP contribution in [-0.4, -0.2) is 32.9 Å². The lowest BCUT2D eigenvalue weighted by Gasteiger charge is -2.29. The van der Waals surface area contributed by atoms with Gasteiger partial charge in [0.25, 0.3) is 0 Å². The molecule has 4 heteroatoms. The maximum Gasteiger partial charge on any atom is 0.126 e. The molecule has 1 saturated carbocycles. The zero-order valence-electron chi connectivity index (χ0n) is 13.1. The predicted octanol–water partition coefficient (Wildman–Crippen LogP) is 3.40. The average Bonchev–Trinajstić information content (AvgIpc) is 3.08. The summed E-state index contributed by atoms with van der Waals surface area (Å²) in [5.41, 5.74) is 2.09. The Labute approximate surface area is 131 Å². The molecule has 1 heterocycles.